The zero-order valence-electron chi connectivity index (χ0n) is 11.5. The quantitative estimate of drug-likeness (QED) is 0.656. The Morgan fingerprint density at radius 3 is 2.43 bits per heavy atom. The Morgan fingerprint density at radius 1 is 1.19 bits per heavy atom. The average Bonchev–Trinajstić information content (AvgIpc) is 2.47. The van der Waals surface area contributed by atoms with Crippen molar-refractivity contribution in [1.29, 1.82) is 0 Å². The predicted octanol–water partition coefficient (Wildman–Crippen LogP) is 2.25. The highest BCUT2D eigenvalue weighted by Gasteiger charge is 2.36. The summed E-state index contributed by atoms with van der Waals surface area (Å²) in [5.74, 6) is -0.202. The number of hydrogen-bond acceptors (Lipinski definition) is 4. The van der Waals surface area contributed by atoms with Gasteiger partial charge in [-0.05, 0) is 55.6 Å². The van der Waals surface area contributed by atoms with Crippen molar-refractivity contribution in [3.05, 3.63) is 29.3 Å². The van der Waals surface area contributed by atoms with Crippen LogP contribution in [0.2, 0.25) is 0 Å². The van der Waals surface area contributed by atoms with Crippen LogP contribution in [0.3, 0.4) is 0 Å². The summed E-state index contributed by atoms with van der Waals surface area (Å²) >= 11 is 0. The van der Waals surface area contributed by atoms with Gasteiger partial charge in [-0.1, -0.05) is 0 Å². The second-order valence-corrected chi connectivity index (χ2v) is 5.67. The van der Waals surface area contributed by atoms with Crippen LogP contribution in [0.5, 0.6) is 5.75 Å². The zero-order valence-corrected chi connectivity index (χ0v) is 11.5. The molecule has 3 fully saturated rings. The highest BCUT2D eigenvalue weighted by molar-refractivity contribution is 5.90. The van der Waals surface area contributed by atoms with Crippen LogP contribution in [0.25, 0.3) is 0 Å². The fraction of sp³-hybridized carbons (Fsp3) is 0.467. The molecule has 3 aliphatic rings. The number of ether oxygens (including phenoxy) is 1. The van der Waals surface area contributed by atoms with Gasteiger partial charge in [0.2, 0.25) is 0 Å². The van der Waals surface area contributed by atoms with Gasteiger partial charge < -0.3 is 19.8 Å². The first-order valence-electron chi connectivity index (χ1n) is 7.05. The van der Waals surface area contributed by atoms with Crippen LogP contribution in [0.1, 0.15) is 34.7 Å². The molecule has 21 heavy (non-hydrogen) atoms. The van der Waals surface area contributed by atoms with E-state index in [1.54, 1.807) is 6.07 Å². The molecule has 1 atom stereocenters. The van der Waals surface area contributed by atoms with Crippen LogP contribution in [0.4, 0.5) is 4.79 Å². The molecule has 0 aromatic heterocycles. The van der Waals surface area contributed by atoms with Crippen LogP contribution in [0.15, 0.2) is 18.2 Å². The van der Waals surface area contributed by atoms with Crippen LogP contribution < -0.4 is 4.74 Å². The fourth-order valence-corrected chi connectivity index (χ4v) is 3.52. The third-order valence-electron chi connectivity index (χ3n) is 4.51. The maximum atomic E-state index is 11.4. The van der Waals surface area contributed by atoms with Crippen molar-refractivity contribution in [3.63, 3.8) is 0 Å². The van der Waals surface area contributed by atoms with Gasteiger partial charge >= 0.3 is 12.1 Å². The number of carboxylic acid groups (broad SMARTS) is 2. The molecule has 6 nitrogen and oxygen atoms in total. The molecule has 0 spiro atoms. The Kier molecular flexibility index (Phi) is 3.55. The lowest BCUT2D eigenvalue weighted by Crippen LogP contribution is -2.46. The lowest BCUT2D eigenvalue weighted by molar-refractivity contribution is 0.0680. The fourth-order valence-electron chi connectivity index (χ4n) is 3.52. The molecular weight excluding hydrogens is 274 g/mol. The number of carboxylic acids is 1. The SMILES string of the molecule is O=C(O)Oc1ccc(C(=O)O)c([C@@H]2CN3CCC2CC3)c1. The van der Waals surface area contributed by atoms with E-state index in [2.05, 4.69) is 9.64 Å². The molecule has 1 aromatic carbocycles. The molecule has 0 unspecified atom stereocenters. The standard InChI is InChI=1S/C15H17NO5/c17-14(18)11-2-1-10(21-15(19)20)7-12(11)13-8-16-5-3-9(13)4-6-16/h1-2,7,9,13H,3-6,8H2,(H,17,18)(H,19,20)/t13-/m1/s1. The number of piperidine rings is 3. The summed E-state index contributed by atoms with van der Waals surface area (Å²) in [6, 6.07) is 4.40. The van der Waals surface area contributed by atoms with E-state index in [-0.39, 0.29) is 17.2 Å². The van der Waals surface area contributed by atoms with Gasteiger partial charge in [0.15, 0.2) is 0 Å². The van der Waals surface area contributed by atoms with Crippen LogP contribution >= 0.6 is 0 Å². The highest BCUT2D eigenvalue weighted by atomic mass is 16.7. The largest absolute Gasteiger partial charge is 0.511 e. The van der Waals surface area contributed by atoms with Gasteiger partial charge in [0, 0.05) is 12.5 Å². The Balaban J connectivity index is 1.97. The van der Waals surface area contributed by atoms with Crippen LogP contribution in [-0.4, -0.2) is 46.9 Å². The molecule has 2 N–H and O–H groups in total. The van der Waals surface area contributed by atoms with E-state index >= 15 is 0 Å². The summed E-state index contributed by atoms with van der Waals surface area (Å²) in [4.78, 5) is 24.4. The minimum Gasteiger partial charge on any atom is -0.478 e. The highest BCUT2D eigenvalue weighted by Crippen LogP contribution is 2.41. The smallest absolute Gasteiger partial charge is 0.478 e. The van der Waals surface area contributed by atoms with Crippen molar-refractivity contribution in [2.24, 2.45) is 5.92 Å². The lowest BCUT2D eigenvalue weighted by atomic mass is 9.74. The molecule has 1 aromatic rings. The number of carbonyl (C=O) groups is 2. The summed E-state index contributed by atoms with van der Waals surface area (Å²) in [5.41, 5.74) is 0.933. The van der Waals surface area contributed by atoms with Gasteiger partial charge in [0.1, 0.15) is 5.75 Å². The second kappa shape index (κ2) is 5.37. The molecule has 0 amide bonds. The number of benzene rings is 1. The Bertz CT molecular complexity index is 577. The van der Waals surface area contributed by atoms with E-state index in [0.29, 0.717) is 11.5 Å². The number of aromatic carboxylic acids is 1. The zero-order chi connectivity index (χ0) is 15.0. The van der Waals surface area contributed by atoms with Crippen molar-refractivity contribution < 1.29 is 24.5 Å². The molecule has 3 saturated heterocycles. The molecule has 0 radical (unpaired) electrons. The number of rotatable bonds is 3. The normalized spacial score (nSPS) is 27.3. The predicted molar refractivity (Wildman–Crippen MR) is 74.0 cm³/mol. The maximum absolute atomic E-state index is 11.4. The Hall–Kier alpha value is -2.08. The molecule has 3 aliphatic heterocycles. The molecule has 112 valence electrons. The van der Waals surface area contributed by atoms with E-state index in [1.807, 2.05) is 0 Å². The maximum Gasteiger partial charge on any atom is 0.511 e. The van der Waals surface area contributed by atoms with Gasteiger partial charge in [-0.2, -0.15) is 0 Å². The lowest BCUT2D eigenvalue weighted by Gasteiger charge is -2.45. The molecule has 4 rings (SSSR count). The molecular formula is C15H17NO5. The molecule has 2 bridgehead atoms. The first-order valence-corrected chi connectivity index (χ1v) is 7.05. The topological polar surface area (TPSA) is 87.1 Å². The van der Waals surface area contributed by atoms with Crippen molar-refractivity contribution >= 4 is 12.1 Å². The summed E-state index contributed by atoms with van der Waals surface area (Å²) in [6.45, 7) is 2.96. The van der Waals surface area contributed by atoms with Gasteiger partial charge in [0.05, 0.1) is 5.56 Å². The van der Waals surface area contributed by atoms with Gasteiger partial charge in [-0.3, -0.25) is 0 Å². The number of hydrogen-bond donors (Lipinski definition) is 2. The molecule has 0 saturated carbocycles. The number of nitrogens with zero attached hydrogens (tertiary/aromatic N) is 1. The average molecular weight is 291 g/mol. The monoisotopic (exact) mass is 291 g/mol. The van der Waals surface area contributed by atoms with Gasteiger partial charge in [-0.15, -0.1) is 0 Å². The van der Waals surface area contributed by atoms with E-state index in [9.17, 15) is 14.7 Å². The van der Waals surface area contributed by atoms with Crippen LogP contribution in [0, 0.1) is 5.92 Å². The third kappa shape index (κ3) is 2.71. The van der Waals surface area contributed by atoms with E-state index < -0.39 is 12.1 Å². The molecule has 0 aliphatic carbocycles. The Morgan fingerprint density at radius 2 is 1.90 bits per heavy atom. The van der Waals surface area contributed by atoms with Crippen molar-refractivity contribution in [1.82, 2.24) is 4.90 Å². The van der Waals surface area contributed by atoms with Crippen molar-refractivity contribution in [2.45, 2.75) is 18.8 Å². The molecule has 6 heteroatoms. The van der Waals surface area contributed by atoms with E-state index in [1.165, 1.54) is 12.1 Å². The minimum absolute atomic E-state index is 0.135. The summed E-state index contributed by atoms with van der Waals surface area (Å²) in [5, 5.41) is 18.1. The summed E-state index contributed by atoms with van der Waals surface area (Å²) < 4.78 is 4.67. The van der Waals surface area contributed by atoms with E-state index in [0.717, 1.165) is 32.5 Å². The third-order valence-corrected chi connectivity index (χ3v) is 4.51. The van der Waals surface area contributed by atoms with Gasteiger partial charge in [-0.25, -0.2) is 9.59 Å². The Labute approximate surface area is 121 Å². The summed E-state index contributed by atoms with van der Waals surface area (Å²) in [6.07, 6.45) is 0.736. The first-order chi connectivity index (χ1) is 10.0. The van der Waals surface area contributed by atoms with Gasteiger partial charge in [0.25, 0.3) is 0 Å². The number of fused-ring (bicyclic) bond motifs is 3. The second-order valence-electron chi connectivity index (χ2n) is 5.67. The minimum atomic E-state index is -1.39. The molecule has 3 heterocycles. The summed E-state index contributed by atoms with van der Waals surface area (Å²) in [7, 11) is 0. The van der Waals surface area contributed by atoms with E-state index in [4.69, 9.17) is 5.11 Å². The van der Waals surface area contributed by atoms with Crippen molar-refractivity contribution in [3.8, 4) is 5.75 Å². The van der Waals surface area contributed by atoms with Crippen molar-refractivity contribution in [2.75, 3.05) is 19.6 Å². The first kappa shape index (κ1) is 13.9. The van der Waals surface area contributed by atoms with Crippen LogP contribution in [-0.2, 0) is 0 Å².